The molecular formula is C11H11NO3S. The van der Waals surface area contributed by atoms with Crippen LogP contribution in [0.3, 0.4) is 0 Å². The molecule has 0 amide bonds. The Morgan fingerprint density at radius 3 is 1.62 bits per heavy atom. The van der Waals surface area contributed by atoms with E-state index < -0.39 is 10.1 Å². The average molecular weight is 237 g/mol. The third kappa shape index (κ3) is 4.68. The van der Waals surface area contributed by atoms with E-state index in [0.717, 1.165) is 0 Å². The van der Waals surface area contributed by atoms with Crippen LogP contribution in [0.5, 0.6) is 0 Å². The quantitative estimate of drug-likeness (QED) is 0.770. The van der Waals surface area contributed by atoms with Crippen molar-refractivity contribution in [1.29, 1.82) is 0 Å². The lowest BCUT2D eigenvalue weighted by Gasteiger charge is -1.92. The molecule has 1 heterocycles. The first-order valence-electron chi connectivity index (χ1n) is 4.48. The van der Waals surface area contributed by atoms with Crippen LogP contribution < -0.4 is 0 Å². The van der Waals surface area contributed by atoms with Gasteiger partial charge >= 0.3 is 0 Å². The Labute approximate surface area is 94.3 Å². The molecule has 0 aliphatic heterocycles. The SMILES string of the molecule is O=S(=O)(O)c1ccccc1.c1ccncc1. The van der Waals surface area contributed by atoms with Crippen LogP contribution >= 0.6 is 0 Å². The second-order valence-corrected chi connectivity index (χ2v) is 4.23. The van der Waals surface area contributed by atoms with Crippen molar-refractivity contribution in [2.24, 2.45) is 0 Å². The van der Waals surface area contributed by atoms with E-state index in [-0.39, 0.29) is 4.90 Å². The summed E-state index contributed by atoms with van der Waals surface area (Å²) in [5, 5.41) is 0. The molecule has 0 unspecified atom stereocenters. The zero-order chi connectivity index (χ0) is 11.9. The van der Waals surface area contributed by atoms with Gasteiger partial charge in [0.05, 0.1) is 4.90 Å². The van der Waals surface area contributed by atoms with Crippen LogP contribution in [0.1, 0.15) is 0 Å². The number of nitrogens with zero attached hydrogens (tertiary/aromatic N) is 1. The number of pyridine rings is 1. The first-order chi connectivity index (χ1) is 7.61. The smallest absolute Gasteiger partial charge is 0.282 e. The van der Waals surface area contributed by atoms with E-state index in [1.54, 1.807) is 30.6 Å². The molecule has 1 aromatic carbocycles. The minimum atomic E-state index is -4.00. The molecule has 1 N–H and O–H groups in total. The highest BCUT2D eigenvalue weighted by Crippen LogP contribution is 2.05. The summed E-state index contributed by atoms with van der Waals surface area (Å²) in [4.78, 5) is 3.71. The summed E-state index contributed by atoms with van der Waals surface area (Å²) in [5.41, 5.74) is 0. The fraction of sp³-hybridized carbons (Fsp3) is 0. The maximum Gasteiger partial charge on any atom is 0.294 e. The zero-order valence-corrected chi connectivity index (χ0v) is 9.21. The van der Waals surface area contributed by atoms with Crippen molar-refractivity contribution >= 4 is 10.1 Å². The Kier molecular flexibility index (Phi) is 4.63. The van der Waals surface area contributed by atoms with E-state index in [9.17, 15) is 8.42 Å². The molecule has 0 saturated heterocycles. The highest BCUT2D eigenvalue weighted by Gasteiger charge is 2.05. The summed E-state index contributed by atoms with van der Waals surface area (Å²) in [5.74, 6) is 0. The molecule has 2 aromatic rings. The first kappa shape index (κ1) is 12.4. The predicted molar refractivity (Wildman–Crippen MR) is 60.5 cm³/mol. The van der Waals surface area contributed by atoms with Gasteiger partial charge in [-0.3, -0.25) is 9.54 Å². The molecule has 0 atom stereocenters. The highest BCUT2D eigenvalue weighted by molar-refractivity contribution is 7.85. The Balaban J connectivity index is 0.000000181. The lowest BCUT2D eigenvalue weighted by atomic mass is 10.4. The van der Waals surface area contributed by atoms with Gasteiger partial charge in [0.1, 0.15) is 0 Å². The van der Waals surface area contributed by atoms with Gasteiger partial charge in [0.25, 0.3) is 10.1 Å². The Bertz CT molecular complexity index is 471. The first-order valence-corrected chi connectivity index (χ1v) is 5.92. The number of hydrogen-bond acceptors (Lipinski definition) is 3. The molecule has 0 saturated carbocycles. The molecule has 16 heavy (non-hydrogen) atoms. The summed E-state index contributed by atoms with van der Waals surface area (Å²) >= 11 is 0. The molecule has 0 fully saturated rings. The Morgan fingerprint density at radius 2 is 1.38 bits per heavy atom. The van der Waals surface area contributed by atoms with Crippen LogP contribution in [0.25, 0.3) is 0 Å². The lowest BCUT2D eigenvalue weighted by molar-refractivity contribution is 0.483. The molecule has 0 radical (unpaired) electrons. The molecule has 0 spiro atoms. The monoisotopic (exact) mass is 237 g/mol. The average Bonchev–Trinajstić information content (AvgIpc) is 2.32. The highest BCUT2D eigenvalue weighted by atomic mass is 32.2. The maximum atomic E-state index is 10.4. The predicted octanol–water partition coefficient (Wildman–Crippen LogP) is 2.01. The van der Waals surface area contributed by atoms with Gasteiger partial charge in [-0.2, -0.15) is 8.42 Å². The molecule has 2 rings (SSSR count). The van der Waals surface area contributed by atoms with Crippen LogP contribution in [-0.2, 0) is 10.1 Å². The Morgan fingerprint density at radius 1 is 0.875 bits per heavy atom. The molecule has 0 bridgehead atoms. The third-order valence-electron chi connectivity index (χ3n) is 1.61. The van der Waals surface area contributed by atoms with Crippen molar-refractivity contribution in [2.75, 3.05) is 0 Å². The summed E-state index contributed by atoms with van der Waals surface area (Å²) in [6, 6.07) is 13.1. The zero-order valence-electron chi connectivity index (χ0n) is 8.39. The molecule has 5 heteroatoms. The summed E-state index contributed by atoms with van der Waals surface area (Å²) < 4.78 is 29.2. The van der Waals surface area contributed by atoms with E-state index in [4.69, 9.17) is 4.55 Å². The fourth-order valence-corrected chi connectivity index (χ4v) is 1.41. The molecule has 84 valence electrons. The van der Waals surface area contributed by atoms with Crippen LogP contribution in [0.2, 0.25) is 0 Å². The minimum Gasteiger partial charge on any atom is -0.282 e. The van der Waals surface area contributed by atoms with E-state index in [0.29, 0.717) is 0 Å². The Hall–Kier alpha value is -1.72. The van der Waals surface area contributed by atoms with Crippen LogP contribution in [-0.4, -0.2) is 18.0 Å². The van der Waals surface area contributed by atoms with Gasteiger partial charge in [0.15, 0.2) is 0 Å². The van der Waals surface area contributed by atoms with Crippen molar-refractivity contribution in [3.05, 3.63) is 60.9 Å². The van der Waals surface area contributed by atoms with Crippen LogP contribution in [0.4, 0.5) is 0 Å². The van der Waals surface area contributed by atoms with Gasteiger partial charge in [-0.05, 0) is 24.3 Å². The van der Waals surface area contributed by atoms with Crippen molar-refractivity contribution in [3.63, 3.8) is 0 Å². The summed E-state index contributed by atoms with van der Waals surface area (Å²) in [6.07, 6.45) is 3.50. The van der Waals surface area contributed by atoms with E-state index in [1.165, 1.54) is 12.1 Å². The normalized spacial score (nSPS) is 10.1. The van der Waals surface area contributed by atoms with Gasteiger partial charge in [0.2, 0.25) is 0 Å². The largest absolute Gasteiger partial charge is 0.294 e. The van der Waals surface area contributed by atoms with Gasteiger partial charge < -0.3 is 0 Å². The fourth-order valence-electron chi connectivity index (χ4n) is 0.905. The molecule has 1 aromatic heterocycles. The van der Waals surface area contributed by atoms with Gasteiger partial charge in [-0.25, -0.2) is 0 Å². The topological polar surface area (TPSA) is 67.3 Å². The van der Waals surface area contributed by atoms with Crippen molar-refractivity contribution < 1.29 is 13.0 Å². The number of benzene rings is 1. The molecule has 0 aliphatic rings. The minimum absolute atomic E-state index is 0.0741. The number of hydrogen-bond donors (Lipinski definition) is 1. The third-order valence-corrected chi connectivity index (χ3v) is 2.48. The van der Waals surface area contributed by atoms with Gasteiger partial charge in [-0.1, -0.05) is 24.3 Å². The molecular weight excluding hydrogens is 226 g/mol. The van der Waals surface area contributed by atoms with E-state index >= 15 is 0 Å². The molecule has 0 aliphatic carbocycles. The van der Waals surface area contributed by atoms with Gasteiger partial charge in [0, 0.05) is 12.4 Å². The van der Waals surface area contributed by atoms with Crippen molar-refractivity contribution in [2.45, 2.75) is 4.90 Å². The van der Waals surface area contributed by atoms with Crippen LogP contribution in [0, 0.1) is 0 Å². The number of rotatable bonds is 1. The summed E-state index contributed by atoms with van der Waals surface area (Å²) in [7, 11) is -4.00. The second kappa shape index (κ2) is 5.99. The lowest BCUT2D eigenvalue weighted by Crippen LogP contribution is -1.96. The van der Waals surface area contributed by atoms with E-state index in [1.807, 2.05) is 18.2 Å². The summed E-state index contributed by atoms with van der Waals surface area (Å²) in [6.45, 7) is 0. The van der Waals surface area contributed by atoms with E-state index in [2.05, 4.69) is 4.98 Å². The second-order valence-electron chi connectivity index (χ2n) is 2.81. The van der Waals surface area contributed by atoms with Crippen LogP contribution in [0.15, 0.2) is 65.8 Å². The molecule has 4 nitrogen and oxygen atoms in total. The number of aromatic nitrogens is 1. The maximum absolute atomic E-state index is 10.4. The van der Waals surface area contributed by atoms with Crippen molar-refractivity contribution in [1.82, 2.24) is 4.98 Å². The standard InChI is InChI=1S/C6H6O3S.C5H5N/c7-10(8,9)6-4-2-1-3-5-6;1-2-4-6-5-3-1/h1-5H,(H,7,8,9);1-5H. The van der Waals surface area contributed by atoms with Gasteiger partial charge in [-0.15, -0.1) is 0 Å². The van der Waals surface area contributed by atoms with Crippen molar-refractivity contribution in [3.8, 4) is 0 Å².